The Balaban J connectivity index is 3.35. The smallest absolute Gasteiger partial charge is 0.496 e. The van der Waals surface area contributed by atoms with Crippen LogP contribution in [-0.2, 0) is 8.58 Å². The van der Waals surface area contributed by atoms with Crippen LogP contribution in [0.3, 0.4) is 0 Å². The maximum Gasteiger partial charge on any atom is 0.496 e. The Morgan fingerprint density at radius 3 is 2.43 bits per heavy atom. The third kappa shape index (κ3) is 2.63. The second kappa shape index (κ2) is 3.03. The first-order chi connectivity index (χ1) is 3.18. The topological polar surface area (TPSA) is 46.5 Å². The van der Waals surface area contributed by atoms with Gasteiger partial charge in [-0.1, -0.05) is 0 Å². The molecule has 1 unspecified atom stereocenters. The van der Waals surface area contributed by atoms with Gasteiger partial charge in [-0.05, 0) is 6.92 Å². The largest absolute Gasteiger partial charge is 0.623 e. The zero-order valence-corrected chi connectivity index (χ0v) is 5.46. The lowest BCUT2D eigenvalue weighted by Crippen LogP contribution is -2.17. The van der Waals surface area contributed by atoms with Crippen molar-refractivity contribution < 1.29 is 13.7 Å². The molecule has 0 saturated heterocycles. The fraction of sp³-hybridized carbons (Fsp3) is 0.667. The first kappa shape index (κ1) is 6.96. The molecule has 0 spiro atoms. The predicted octanol–water partition coefficient (Wildman–Crippen LogP) is -1.27. The molecular weight excluding hydrogens is 111 g/mol. The van der Waals surface area contributed by atoms with E-state index in [-0.39, 0.29) is 0 Å². The number of rotatable bonds is 1. The molecule has 0 rings (SSSR count). The number of hydrogen-bond acceptors (Lipinski definition) is 3. The molecule has 0 amide bonds. The molecule has 39 valence electrons. The second-order valence-corrected chi connectivity index (χ2v) is 1.43. The van der Waals surface area contributed by atoms with Crippen LogP contribution in [-0.4, -0.2) is 33.8 Å². The molecule has 0 bridgehead atoms. The van der Waals surface area contributed by atoms with E-state index in [0.717, 1.165) is 16.6 Å². The van der Waals surface area contributed by atoms with Crippen molar-refractivity contribution in [3.05, 3.63) is 0 Å². The van der Waals surface area contributed by atoms with Gasteiger partial charge in [0, 0.05) is 0 Å². The van der Waals surface area contributed by atoms with E-state index in [1.165, 1.54) is 6.92 Å². The Labute approximate surface area is 50.0 Å². The van der Waals surface area contributed by atoms with Crippen LogP contribution in [0.2, 0.25) is 0 Å². The first-order valence-corrected chi connectivity index (χ1v) is 2.40. The van der Waals surface area contributed by atoms with Crippen LogP contribution in [0.5, 0.6) is 0 Å². The van der Waals surface area contributed by atoms with Gasteiger partial charge in [-0.3, -0.25) is 4.79 Å². The van der Waals surface area contributed by atoms with Gasteiger partial charge in [0.25, 0.3) is 5.97 Å². The second-order valence-electron chi connectivity index (χ2n) is 1.14. The molecule has 0 aromatic heterocycles. The van der Waals surface area contributed by atoms with Crippen molar-refractivity contribution in [1.82, 2.24) is 0 Å². The summed E-state index contributed by atoms with van der Waals surface area (Å²) in [6, 6.07) is 0. The third-order valence-corrected chi connectivity index (χ3v) is 0.768. The molecule has 0 aliphatic carbocycles. The molecule has 0 aromatic rings. The summed E-state index contributed by atoms with van der Waals surface area (Å²) < 4.78 is 4.15. The van der Waals surface area contributed by atoms with E-state index in [4.69, 9.17) is 5.11 Å². The van der Waals surface area contributed by atoms with Crippen LogP contribution in [0.1, 0.15) is 6.92 Å². The van der Waals surface area contributed by atoms with Crippen molar-refractivity contribution >= 4 is 22.6 Å². The van der Waals surface area contributed by atoms with Gasteiger partial charge in [0.2, 0.25) is 0 Å². The highest BCUT2D eigenvalue weighted by Gasteiger charge is 2.03. The van der Waals surface area contributed by atoms with Crippen molar-refractivity contribution in [2.45, 2.75) is 13.0 Å². The molecule has 1 N–H and O–H groups in total. The Hall–Kier alpha value is -0.0375. The van der Waals surface area contributed by atoms with Crippen molar-refractivity contribution in [2.24, 2.45) is 0 Å². The van der Waals surface area contributed by atoms with Crippen LogP contribution >= 0.6 is 0 Å². The first-order valence-electron chi connectivity index (χ1n) is 1.82. The fourth-order valence-corrected chi connectivity index (χ4v) is 0.362. The molecule has 1 atom stereocenters. The van der Waals surface area contributed by atoms with E-state index in [1.807, 2.05) is 0 Å². The van der Waals surface area contributed by atoms with E-state index in [9.17, 15) is 4.79 Å². The highest BCUT2D eigenvalue weighted by Crippen LogP contribution is 1.80. The highest BCUT2D eigenvalue weighted by atomic mass is 27.1. The van der Waals surface area contributed by atoms with Crippen molar-refractivity contribution in [3.8, 4) is 0 Å². The SMILES string of the molecule is CC(O)C(=O)[O][AlH]. The minimum atomic E-state index is -0.988. The quantitative estimate of drug-likeness (QED) is 0.435. The maximum absolute atomic E-state index is 10.0. The van der Waals surface area contributed by atoms with Gasteiger partial charge in [-0.15, -0.1) is 0 Å². The third-order valence-electron chi connectivity index (χ3n) is 0.483. The van der Waals surface area contributed by atoms with Crippen LogP contribution in [0.4, 0.5) is 0 Å². The average Bonchev–Trinajstić information content (AvgIpc) is 1.65. The molecule has 4 heteroatoms. The lowest BCUT2D eigenvalue weighted by molar-refractivity contribution is -0.142. The van der Waals surface area contributed by atoms with Crippen molar-refractivity contribution in [1.29, 1.82) is 0 Å². The van der Waals surface area contributed by atoms with Crippen LogP contribution in [0, 0.1) is 0 Å². The maximum atomic E-state index is 10.0. The standard InChI is InChI=1S/C3H6O3.Al.H/c1-2(4)3(5)6;;/h2,4H,1H3,(H,5,6);;/q;+1;/p-1. The van der Waals surface area contributed by atoms with Gasteiger partial charge >= 0.3 is 16.6 Å². The van der Waals surface area contributed by atoms with Gasteiger partial charge in [0.15, 0.2) is 0 Å². The van der Waals surface area contributed by atoms with E-state index in [0.29, 0.717) is 0 Å². The number of carbonyl (C=O) groups is 1. The van der Waals surface area contributed by atoms with E-state index < -0.39 is 12.1 Å². The average molecular weight is 117 g/mol. The van der Waals surface area contributed by atoms with Crippen LogP contribution in [0.25, 0.3) is 0 Å². The number of carbonyl (C=O) groups excluding carboxylic acids is 1. The van der Waals surface area contributed by atoms with Crippen molar-refractivity contribution in [2.75, 3.05) is 0 Å². The monoisotopic (exact) mass is 117 g/mol. The van der Waals surface area contributed by atoms with Gasteiger partial charge in [-0.25, -0.2) is 0 Å². The highest BCUT2D eigenvalue weighted by molar-refractivity contribution is 6.06. The predicted molar refractivity (Wildman–Crippen MR) is 24.9 cm³/mol. The summed E-state index contributed by atoms with van der Waals surface area (Å²) >= 11 is 1.06. The van der Waals surface area contributed by atoms with E-state index in [1.54, 1.807) is 0 Å². The Kier molecular flexibility index (Phi) is 3.01. The van der Waals surface area contributed by atoms with Gasteiger partial charge in [-0.2, -0.15) is 0 Å². The summed E-state index contributed by atoms with van der Waals surface area (Å²) in [6.45, 7) is 1.36. The van der Waals surface area contributed by atoms with Crippen molar-refractivity contribution in [3.63, 3.8) is 0 Å². The summed E-state index contributed by atoms with van der Waals surface area (Å²) in [5, 5.41) is 8.35. The molecular formula is C3H6AlO3. The lowest BCUT2D eigenvalue weighted by atomic mass is 10.4. The number of aliphatic hydroxyl groups is 1. The van der Waals surface area contributed by atoms with Gasteiger partial charge in [0.1, 0.15) is 6.10 Å². The molecule has 3 nitrogen and oxygen atoms in total. The minimum Gasteiger partial charge on any atom is -0.623 e. The zero-order valence-electron chi connectivity index (χ0n) is 4.05. The van der Waals surface area contributed by atoms with Crippen LogP contribution in [0.15, 0.2) is 0 Å². The lowest BCUT2D eigenvalue weighted by Gasteiger charge is -2.00. The Morgan fingerprint density at radius 1 is 2.00 bits per heavy atom. The Morgan fingerprint density at radius 2 is 2.43 bits per heavy atom. The van der Waals surface area contributed by atoms with Gasteiger partial charge < -0.3 is 8.90 Å². The summed E-state index contributed by atoms with van der Waals surface area (Å²) in [5.74, 6) is -0.585. The molecule has 0 aromatic carbocycles. The van der Waals surface area contributed by atoms with Crippen LogP contribution < -0.4 is 0 Å². The molecule has 0 aliphatic rings. The Bertz CT molecular complexity index is 70.6. The van der Waals surface area contributed by atoms with E-state index in [2.05, 4.69) is 3.79 Å². The number of aliphatic hydroxyl groups excluding tert-OH is 1. The summed E-state index contributed by atoms with van der Waals surface area (Å²) in [7, 11) is 0. The minimum absolute atomic E-state index is 0.585. The zero-order chi connectivity index (χ0) is 5.86. The summed E-state index contributed by atoms with van der Waals surface area (Å²) in [4.78, 5) is 10.0. The molecule has 1 radical (unpaired) electrons. The number of hydrogen-bond donors (Lipinski definition) is 1. The molecule has 7 heavy (non-hydrogen) atoms. The summed E-state index contributed by atoms with van der Waals surface area (Å²) in [5.41, 5.74) is 0. The normalized spacial score (nSPS) is 12.9. The fourth-order valence-electron chi connectivity index (χ4n) is 0.121. The van der Waals surface area contributed by atoms with Gasteiger partial charge in [0.05, 0.1) is 0 Å². The molecule has 0 saturated carbocycles. The van der Waals surface area contributed by atoms with E-state index >= 15 is 0 Å². The molecule has 0 aliphatic heterocycles. The molecule has 0 fully saturated rings. The summed E-state index contributed by atoms with van der Waals surface area (Å²) in [6.07, 6.45) is -0.988. The molecule has 0 heterocycles.